The van der Waals surface area contributed by atoms with Crippen molar-refractivity contribution in [3.8, 4) is 0 Å². The summed E-state index contributed by atoms with van der Waals surface area (Å²) >= 11 is 0. The van der Waals surface area contributed by atoms with Crippen LogP contribution >= 0.6 is 0 Å². The molecule has 0 aliphatic carbocycles. The maximum atomic E-state index is 10.5. The van der Waals surface area contributed by atoms with Crippen LogP contribution in [0.3, 0.4) is 0 Å². The van der Waals surface area contributed by atoms with E-state index < -0.39 is 28.5 Å². The highest BCUT2D eigenvalue weighted by atomic mass is 32.2. The van der Waals surface area contributed by atoms with E-state index in [1.165, 1.54) is 0 Å². The van der Waals surface area contributed by atoms with E-state index in [0.29, 0.717) is 0 Å². The standard InChI is InChI=1S/C5H8O5S/c6-5(7)1-10-4-2-11(8,9)3-4/h4H,1-3H2,(H,6,7). The summed E-state index contributed by atoms with van der Waals surface area (Å²) in [6, 6.07) is 0. The molecule has 0 aromatic carbocycles. The number of rotatable bonds is 3. The van der Waals surface area contributed by atoms with Gasteiger partial charge in [0.2, 0.25) is 0 Å². The van der Waals surface area contributed by atoms with Crippen LogP contribution < -0.4 is 0 Å². The zero-order chi connectivity index (χ0) is 8.48. The van der Waals surface area contributed by atoms with E-state index in [2.05, 4.69) is 0 Å². The molecule has 1 fully saturated rings. The van der Waals surface area contributed by atoms with Gasteiger partial charge in [0.05, 0.1) is 17.6 Å². The zero-order valence-corrected chi connectivity index (χ0v) is 6.50. The molecule has 1 aliphatic rings. The monoisotopic (exact) mass is 180 g/mol. The van der Waals surface area contributed by atoms with E-state index >= 15 is 0 Å². The highest BCUT2D eigenvalue weighted by Crippen LogP contribution is 2.13. The summed E-state index contributed by atoms with van der Waals surface area (Å²) in [4.78, 5) is 9.93. The van der Waals surface area contributed by atoms with Gasteiger partial charge in [0.15, 0.2) is 9.84 Å². The van der Waals surface area contributed by atoms with Crippen LogP contribution in [-0.4, -0.2) is 43.7 Å². The SMILES string of the molecule is O=C(O)COC1CS(=O)(=O)C1. The molecule has 0 aromatic rings. The number of sulfone groups is 1. The van der Waals surface area contributed by atoms with Crippen LogP contribution in [0.5, 0.6) is 0 Å². The predicted molar refractivity (Wildman–Crippen MR) is 36.0 cm³/mol. The highest BCUT2D eigenvalue weighted by molar-refractivity contribution is 7.92. The summed E-state index contributed by atoms with van der Waals surface area (Å²) in [6.45, 7) is -0.416. The molecule has 1 aliphatic heterocycles. The molecule has 1 heterocycles. The third-order valence-electron chi connectivity index (χ3n) is 1.32. The summed E-state index contributed by atoms with van der Waals surface area (Å²) in [5.41, 5.74) is 0. The topological polar surface area (TPSA) is 80.7 Å². The van der Waals surface area contributed by atoms with Crippen LogP contribution in [0, 0.1) is 0 Å². The van der Waals surface area contributed by atoms with Crippen LogP contribution in [0.1, 0.15) is 0 Å². The van der Waals surface area contributed by atoms with Crippen LogP contribution in [-0.2, 0) is 19.4 Å². The molecule has 64 valence electrons. The summed E-state index contributed by atoms with van der Waals surface area (Å²) in [6.07, 6.45) is -0.406. The summed E-state index contributed by atoms with van der Waals surface area (Å²) < 4.78 is 25.7. The van der Waals surface area contributed by atoms with Crippen molar-refractivity contribution < 1.29 is 23.1 Å². The van der Waals surface area contributed by atoms with E-state index in [9.17, 15) is 13.2 Å². The van der Waals surface area contributed by atoms with Gasteiger partial charge in [-0.05, 0) is 0 Å². The van der Waals surface area contributed by atoms with Gasteiger partial charge in [0.25, 0.3) is 0 Å². The second kappa shape index (κ2) is 2.78. The number of carboxylic acids is 1. The number of carbonyl (C=O) groups is 1. The minimum Gasteiger partial charge on any atom is -0.480 e. The van der Waals surface area contributed by atoms with E-state index in [0.717, 1.165) is 0 Å². The van der Waals surface area contributed by atoms with Gasteiger partial charge in [-0.1, -0.05) is 0 Å². The minimum absolute atomic E-state index is 0.0414. The van der Waals surface area contributed by atoms with Crippen molar-refractivity contribution in [2.45, 2.75) is 6.10 Å². The lowest BCUT2D eigenvalue weighted by Gasteiger charge is -2.24. The first kappa shape index (κ1) is 8.48. The maximum absolute atomic E-state index is 10.5. The van der Waals surface area contributed by atoms with Crippen molar-refractivity contribution in [2.24, 2.45) is 0 Å². The number of aliphatic carboxylic acids is 1. The third-order valence-corrected chi connectivity index (χ3v) is 3.08. The largest absolute Gasteiger partial charge is 0.480 e. The fraction of sp³-hybridized carbons (Fsp3) is 0.800. The lowest BCUT2D eigenvalue weighted by Crippen LogP contribution is -2.43. The van der Waals surface area contributed by atoms with Crippen LogP contribution in [0.25, 0.3) is 0 Å². The summed E-state index contributed by atoms with van der Waals surface area (Å²) in [7, 11) is -2.90. The Labute approximate surface area is 63.9 Å². The van der Waals surface area contributed by atoms with Crippen molar-refractivity contribution in [2.75, 3.05) is 18.1 Å². The van der Waals surface area contributed by atoms with E-state index in [1.807, 2.05) is 0 Å². The number of carboxylic acid groups (broad SMARTS) is 1. The molecular weight excluding hydrogens is 172 g/mol. The van der Waals surface area contributed by atoms with Gasteiger partial charge in [0, 0.05) is 0 Å². The van der Waals surface area contributed by atoms with Crippen molar-refractivity contribution in [3.05, 3.63) is 0 Å². The second-order valence-corrected chi connectivity index (χ2v) is 4.56. The van der Waals surface area contributed by atoms with Crippen molar-refractivity contribution in [1.29, 1.82) is 0 Å². The fourth-order valence-corrected chi connectivity index (χ4v) is 2.03. The minimum atomic E-state index is -2.90. The highest BCUT2D eigenvalue weighted by Gasteiger charge is 2.34. The number of hydrogen-bond donors (Lipinski definition) is 1. The molecule has 1 saturated heterocycles. The van der Waals surface area contributed by atoms with Gasteiger partial charge < -0.3 is 9.84 Å². The molecule has 0 saturated carbocycles. The molecule has 0 bridgehead atoms. The Bertz CT molecular complexity index is 242. The quantitative estimate of drug-likeness (QED) is 0.595. The first-order chi connectivity index (χ1) is 4.99. The van der Waals surface area contributed by atoms with Crippen molar-refractivity contribution in [3.63, 3.8) is 0 Å². The van der Waals surface area contributed by atoms with E-state index in [-0.39, 0.29) is 11.5 Å². The Morgan fingerprint density at radius 2 is 2.09 bits per heavy atom. The van der Waals surface area contributed by atoms with Gasteiger partial charge in [-0.25, -0.2) is 13.2 Å². The molecule has 1 N–H and O–H groups in total. The molecule has 0 aromatic heterocycles. The van der Waals surface area contributed by atoms with Crippen molar-refractivity contribution >= 4 is 15.8 Å². The van der Waals surface area contributed by atoms with Gasteiger partial charge in [-0.2, -0.15) is 0 Å². The number of hydrogen-bond acceptors (Lipinski definition) is 4. The molecule has 0 spiro atoms. The van der Waals surface area contributed by atoms with Crippen LogP contribution in [0.4, 0.5) is 0 Å². The molecule has 6 heteroatoms. The van der Waals surface area contributed by atoms with Crippen molar-refractivity contribution in [1.82, 2.24) is 0 Å². The Morgan fingerprint density at radius 3 is 2.45 bits per heavy atom. The van der Waals surface area contributed by atoms with Gasteiger partial charge in [0.1, 0.15) is 6.61 Å². The predicted octanol–water partition coefficient (Wildman–Crippen LogP) is -1.12. The Kier molecular flexibility index (Phi) is 2.15. The van der Waals surface area contributed by atoms with Gasteiger partial charge >= 0.3 is 5.97 Å². The molecule has 0 radical (unpaired) electrons. The molecule has 11 heavy (non-hydrogen) atoms. The van der Waals surface area contributed by atoms with Crippen LogP contribution in [0.2, 0.25) is 0 Å². The fourth-order valence-electron chi connectivity index (χ4n) is 0.803. The zero-order valence-electron chi connectivity index (χ0n) is 5.69. The summed E-state index contributed by atoms with van der Waals surface area (Å²) in [5.74, 6) is -1.16. The Hall–Kier alpha value is -0.620. The maximum Gasteiger partial charge on any atom is 0.329 e. The van der Waals surface area contributed by atoms with Gasteiger partial charge in [-0.15, -0.1) is 0 Å². The average Bonchev–Trinajstić information content (AvgIpc) is 1.78. The normalized spacial score (nSPS) is 22.5. The van der Waals surface area contributed by atoms with E-state index in [4.69, 9.17) is 9.84 Å². The Balaban J connectivity index is 2.19. The van der Waals surface area contributed by atoms with E-state index in [1.54, 1.807) is 0 Å². The lowest BCUT2D eigenvalue weighted by molar-refractivity contribution is -0.143. The Morgan fingerprint density at radius 1 is 1.55 bits per heavy atom. The molecular formula is C5H8O5S. The average molecular weight is 180 g/mol. The molecule has 0 atom stereocenters. The number of ether oxygens (including phenoxy) is 1. The smallest absolute Gasteiger partial charge is 0.329 e. The molecule has 0 unspecified atom stereocenters. The molecule has 5 nitrogen and oxygen atoms in total. The van der Waals surface area contributed by atoms with Gasteiger partial charge in [-0.3, -0.25) is 0 Å². The molecule has 0 amide bonds. The first-order valence-electron chi connectivity index (χ1n) is 3.03. The first-order valence-corrected chi connectivity index (χ1v) is 4.85. The lowest BCUT2D eigenvalue weighted by atomic mass is 10.4. The molecule has 1 rings (SSSR count). The second-order valence-electron chi connectivity index (χ2n) is 2.40. The van der Waals surface area contributed by atoms with Crippen LogP contribution in [0.15, 0.2) is 0 Å². The summed E-state index contributed by atoms with van der Waals surface area (Å²) in [5, 5.41) is 8.14. The third kappa shape index (κ3) is 2.47.